The number of nitro groups is 1. The van der Waals surface area contributed by atoms with E-state index in [-0.39, 0.29) is 27.7 Å². The van der Waals surface area contributed by atoms with Crippen LogP contribution in [0.5, 0.6) is 0 Å². The monoisotopic (exact) mass is 427 g/mol. The first kappa shape index (κ1) is 20.1. The van der Waals surface area contributed by atoms with Crippen LogP contribution in [0.15, 0.2) is 64.6 Å². The third-order valence-electron chi connectivity index (χ3n) is 3.79. The van der Waals surface area contributed by atoms with Crippen molar-refractivity contribution >= 4 is 46.6 Å². The van der Waals surface area contributed by atoms with Crippen LogP contribution in [0.4, 0.5) is 11.4 Å². The first-order chi connectivity index (χ1) is 13.9. The van der Waals surface area contributed by atoms with Crippen molar-refractivity contribution in [1.82, 2.24) is 0 Å². The number of nitrogens with one attached hydrogen (secondary N) is 1. The minimum absolute atomic E-state index is 0.0619. The Bertz CT molecular complexity index is 1180. The van der Waals surface area contributed by atoms with Gasteiger partial charge in [-0.1, -0.05) is 35.3 Å². The summed E-state index contributed by atoms with van der Waals surface area (Å²) in [6.07, 6.45) is 1.27. The first-order valence-electron chi connectivity index (χ1n) is 8.10. The molecule has 0 aliphatic rings. The third kappa shape index (κ3) is 4.82. The molecule has 3 aromatic rings. The van der Waals surface area contributed by atoms with Gasteiger partial charge in [0.1, 0.15) is 28.2 Å². The maximum Gasteiger partial charge on any atom is 0.289 e. The normalized spacial score (nSPS) is 11.0. The van der Waals surface area contributed by atoms with Crippen LogP contribution in [0, 0.1) is 21.4 Å². The molecule has 0 spiro atoms. The Balaban J connectivity index is 1.82. The lowest BCUT2D eigenvalue weighted by molar-refractivity contribution is -0.384. The van der Waals surface area contributed by atoms with Crippen LogP contribution in [-0.4, -0.2) is 10.8 Å². The standard InChI is InChI=1S/C20H11Cl2N3O4/c21-14-3-1-2-12(8-14)19-7-5-16(29-19)9-13(11-23)20(26)24-15-4-6-17(22)18(10-15)25(27)28/h1-10H,(H,24,26). The molecule has 0 radical (unpaired) electrons. The van der Waals surface area contributed by atoms with Crippen LogP contribution in [0.2, 0.25) is 10.0 Å². The number of nitriles is 1. The number of carbonyl (C=O) groups is 1. The highest BCUT2D eigenvalue weighted by Gasteiger charge is 2.16. The maximum atomic E-state index is 12.4. The summed E-state index contributed by atoms with van der Waals surface area (Å²) in [6.45, 7) is 0. The highest BCUT2D eigenvalue weighted by molar-refractivity contribution is 6.32. The summed E-state index contributed by atoms with van der Waals surface area (Å²) in [6, 6.07) is 15.9. The summed E-state index contributed by atoms with van der Waals surface area (Å²) in [4.78, 5) is 22.7. The fraction of sp³-hybridized carbons (Fsp3) is 0. The summed E-state index contributed by atoms with van der Waals surface area (Å²) in [5, 5.41) is 23.2. The number of hydrogen-bond donors (Lipinski definition) is 1. The van der Waals surface area contributed by atoms with E-state index in [0.29, 0.717) is 10.8 Å². The Kier molecular flexibility index (Phi) is 5.98. The predicted octanol–water partition coefficient (Wildman–Crippen LogP) is 5.71. The minimum atomic E-state index is -0.746. The summed E-state index contributed by atoms with van der Waals surface area (Å²) in [5.74, 6) is 0.0587. The Morgan fingerprint density at radius 2 is 1.97 bits per heavy atom. The van der Waals surface area contributed by atoms with E-state index in [9.17, 15) is 20.2 Å². The molecule has 0 unspecified atom stereocenters. The van der Waals surface area contributed by atoms with Crippen molar-refractivity contribution in [3.63, 3.8) is 0 Å². The number of amides is 1. The largest absolute Gasteiger partial charge is 0.457 e. The van der Waals surface area contributed by atoms with E-state index in [1.807, 2.05) is 6.07 Å². The molecule has 1 heterocycles. The third-order valence-corrected chi connectivity index (χ3v) is 4.34. The van der Waals surface area contributed by atoms with Gasteiger partial charge in [0.2, 0.25) is 0 Å². The van der Waals surface area contributed by atoms with Gasteiger partial charge in [0.25, 0.3) is 11.6 Å². The number of anilines is 1. The van der Waals surface area contributed by atoms with Gasteiger partial charge in [0.15, 0.2) is 0 Å². The molecule has 0 saturated heterocycles. The van der Waals surface area contributed by atoms with Gasteiger partial charge < -0.3 is 9.73 Å². The van der Waals surface area contributed by atoms with Crippen LogP contribution in [0.25, 0.3) is 17.4 Å². The van der Waals surface area contributed by atoms with Crippen molar-refractivity contribution in [3.8, 4) is 17.4 Å². The van der Waals surface area contributed by atoms with Gasteiger partial charge in [-0.25, -0.2) is 0 Å². The van der Waals surface area contributed by atoms with Crippen molar-refractivity contribution in [2.75, 3.05) is 5.32 Å². The van der Waals surface area contributed by atoms with Crippen LogP contribution < -0.4 is 5.32 Å². The zero-order valence-electron chi connectivity index (χ0n) is 14.6. The van der Waals surface area contributed by atoms with E-state index in [1.165, 1.54) is 18.2 Å². The van der Waals surface area contributed by atoms with Crippen molar-refractivity contribution < 1.29 is 14.1 Å². The van der Waals surface area contributed by atoms with E-state index in [1.54, 1.807) is 36.4 Å². The lowest BCUT2D eigenvalue weighted by atomic mass is 10.2. The van der Waals surface area contributed by atoms with Gasteiger partial charge in [-0.15, -0.1) is 0 Å². The lowest BCUT2D eigenvalue weighted by Crippen LogP contribution is -2.13. The molecule has 1 N–H and O–H groups in total. The van der Waals surface area contributed by atoms with Gasteiger partial charge in [0.05, 0.1) is 4.92 Å². The highest BCUT2D eigenvalue weighted by Crippen LogP contribution is 2.28. The van der Waals surface area contributed by atoms with Gasteiger partial charge in [0, 0.05) is 28.4 Å². The highest BCUT2D eigenvalue weighted by atomic mass is 35.5. The number of furan rings is 1. The number of rotatable bonds is 5. The zero-order valence-corrected chi connectivity index (χ0v) is 16.1. The molecule has 29 heavy (non-hydrogen) atoms. The molecule has 144 valence electrons. The van der Waals surface area contributed by atoms with Crippen molar-refractivity contribution in [2.24, 2.45) is 0 Å². The molecule has 1 amide bonds. The van der Waals surface area contributed by atoms with Crippen molar-refractivity contribution in [2.45, 2.75) is 0 Å². The summed E-state index contributed by atoms with van der Waals surface area (Å²) in [7, 11) is 0. The van der Waals surface area contributed by atoms with Gasteiger partial charge >= 0.3 is 0 Å². The summed E-state index contributed by atoms with van der Waals surface area (Å²) >= 11 is 11.7. The molecule has 7 nitrogen and oxygen atoms in total. The SMILES string of the molecule is N#CC(=Cc1ccc(-c2cccc(Cl)c2)o1)C(=O)Nc1ccc(Cl)c([N+](=O)[O-])c1. The second-order valence-electron chi connectivity index (χ2n) is 5.76. The second-order valence-corrected chi connectivity index (χ2v) is 6.60. The van der Waals surface area contributed by atoms with E-state index < -0.39 is 10.8 Å². The Labute approximate surface area is 174 Å². The maximum absolute atomic E-state index is 12.4. The molecule has 0 bridgehead atoms. The first-order valence-corrected chi connectivity index (χ1v) is 8.86. The molecule has 0 fully saturated rings. The molecule has 9 heteroatoms. The van der Waals surface area contributed by atoms with E-state index >= 15 is 0 Å². The number of nitrogens with zero attached hydrogens (tertiary/aromatic N) is 2. The molecule has 0 atom stereocenters. The van der Waals surface area contributed by atoms with Crippen LogP contribution in [0.3, 0.4) is 0 Å². The molecular weight excluding hydrogens is 417 g/mol. The molecule has 3 rings (SSSR count). The molecule has 1 aromatic heterocycles. The summed E-state index contributed by atoms with van der Waals surface area (Å²) in [5.41, 5.74) is 0.277. The number of hydrogen-bond acceptors (Lipinski definition) is 5. The number of halogens is 2. The predicted molar refractivity (Wildman–Crippen MR) is 109 cm³/mol. The number of nitro benzene ring substituents is 1. The molecule has 2 aromatic carbocycles. The Hall–Kier alpha value is -3.60. The van der Waals surface area contributed by atoms with Gasteiger partial charge in [-0.3, -0.25) is 14.9 Å². The average Bonchev–Trinajstić information content (AvgIpc) is 3.16. The average molecular weight is 428 g/mol. The van der Waals surface area contributed by atoms with E-state index in [0.717, 1.165) is 11.6 Å². The van der Waals surface area contributed by atoms with E-state index in [4.69, 9.17) is 27.6 Å². The molecule has 0 saturated carbocycles. The van der Waals surface area contributed by atoms with Crippen molar-refractivity contribution in [3.05, 3.63) is 86.1 Å². The fourth-order valence-corrected chi connectivity index (χ4v) is 2.82. The van der Waals surface area contributed by atoms with Crippen LogP contribution in [-0.2, 0) is 4.79 Å². The minimum Gasteiger partial charge on any atom is -0.457 e. The second kappa shape index (κ2) is 8.61. The number of carbonyl (C=O) groups excluding carboxylic acids is 1. The zero-order chi connectivity index (χ0) is 21.0. The van der Waals surface area contributed by atoms with Crippen LogP contribution >= 0.6 is 23.2 Å². The van der Waals surface area contributed by atoms with Crippen molar-refractivity contribution in [1.29, 1.82) is 5.26 Å². The molecular formula is C20H11Cl2N3O4. The Morgan fingerprint density at radius 1 is 1.17 bits per heavy atom. The fourth-order valence-electron chi connectivity index (χ4n) is 2.45. The lowest BCUT2D eigenvalue weighted by Gasteiger charge is -2.04. The van der Waals surface area contributed by atoms with Gasteiger partial charge in [-0.2, -0.15) is 5.26 Å². The topological polar surface area (TPSA) is 109 Å². The van der Waals surface area contributed by atoms with E-state index in [2.05, 4.69) is 5.32 Å². The quantitative estimate of drug-likeness (QED) is 0.242. The molecule has 0 aliphatic carbocycles. The smallest absolute Gasteiger partial charge is 0.289 e. The number of benzene rings is 2. The Morgan fingerprint density at radius 3 is 2.66 bits per heavy atom. The molecule has 0 aliphatic heterocycles. The summed E-state index contributed by atoms with van der Waals surface area (Å²) < 4.78 is 5.65. The van der Waals surface area contributed by atoms with Gasteiger partial charge in [-0.05, 0) is 36.4 Å². The van der Waals surface area contributed by atoms with Crippen LogP contribution in [0.1, 0.15) is 5.76 Å².